The predicted molar refractivity (Wildman–Crippen MR) is 76.0 cm³/mol. The van der Waals surface area contributed by atoms with Crippen molar-refractivity contribution in [3.8, 4) is 0 Å². The van der Waals surface area contributed by atoms with Crippen LogP contribution in [0.25, 0.3) is 0 Å². The first-order chi connectivity index (χ1) is 9.04. The van der Waals surface area contributed by atoms with E-state index in [2.05, 4.69) is 0 Å². The number of carbonyl (C=O) groups is 1. The number of likely N-dealkylation sites (N-methyl/N-ethyl adjacent to an activating group) is 1. The van der Waals surface area contributed by atoms with Gasteiger partial charge < -0.3 is 5.11 Å². The molecule has 1 unspecified atom stereocenters. The van der Waals surface area contributed by atoms with Gasteiger partial charge in [-0.3, -0.25) is 4.90 Å². The van der Waals surface area contributed by atoms with Crippen LogP contribution in [-0.4, -0.2) is 56.9 Å². The van der Waals surface area contributed by atoms with Crippen LogP contribution in [0.2, 0.25) is 0 Å². The van der Waals surface area contributed by atoms with E-state index in [0.29, 0.717) is 5.56 Å². The number of rotatable bonds is 5. The molecule has 0 fully saturated rings. The molecule has 1 aromatic rings. The third kappa shape index (κ3) is 2.70. The Labute approximate surface area is 119 Å². The third-order valence-electron chi connectivity index (χ3n) is 3.51. The second kappa shape index (κ2) is 5.51. The zero-order chi connectivity index (χ0) is 15.7. The van der Waals surface area contributed by atoms with E-state index in [1.165, 1.54) is 38.4 Å². The molecule has 0 aromatic heterocycles. The molecule has 20 heavy (non-hydrogen) atoms. The molecular weight excluding hydrogens is 280 g/mol. The van der Waals surface area contributed by atoms with Crippen molar-refractivity contribution >= 4 is 16.0 Å². The van der Waals surface area contributed by atoms with Gasteiger partial charge in [-0.25, -0.2) is 17.5 Å². The summed E-state index contributed by atoms with van der Waals surface area (Å²) in [5.74, 6) is -0.995. The molecule has 0 spiro atoms. The van der Waals surface area contributed by atoms with Crippen molar-refractivity contribution in [1.82, 2.24) is 9.21 Å². The molecule has 0 aliphatic carbocycles. The zero-order valence-electron chi connectivity index (χ0n) is 12.3. The molecule has 0 aliphatic heterocycles. The normalized spacial score (nSPS) is 15.3. The van der Waals surface area contributed by atoms with Gasteiger partial charge in [0.15, 0.2) is 0 Å². The van der Waals surface area contributed by atoms with Gasteiger partial charge in [0.05, 0.1) is 4.90 Å². The number of hydrogen-bond acceptors (Lipinski definition) is 4. The largest absolute Gasteiger partial charge is 0.480 e. The first-order valence-electron chi connectivity index (χ1n) is 5.98. The molecule has 1 atom stereocenters. The predicted octanol–water partition coefficient (Wildman–Crippen LogP) is 0.798. The summed E-state index contributed by atoms with van der Waals surface area (Å²) in [6, 6.07) is 5.92. The lowest BCUT2D eigenvalue weighted by Crippen LogP contribution is -2.45. The van der Waals surface area contributed by atoms with Gasteiger partial charge in [0.2, 0.25) is 10.0 Å². The van der Waals surface area contributed by atoms with E-state index in [9.17, 15) is 18.3 Å². The number of sulfonamides is 1. The number of benzene rings is 1. The molecule has 0 heterocycles. The van der Waals surface area contributed by atoms with E-state index >= 15 is 0 Å². The maximum absolute atomic E-state index is 12.0. The minimum Gasteiger partial charge on any atom is -0.480 e. The lowest BCUT2D eigenvalue weighted by molar-refractivity contribution is -0.149. The van der Waals surface area contributed by atoms with Crippen LogP contribution in [0.5, 0.6) is 0 Å². The molecule has 6 nitrogen and oxygen atoms in total. The van der Waals surface area contributed by atoms with Crippen LogP contribution in [0.1, 0.15) is 12.5 Å². The molecule has 1 rings (SSSR count). The second-order valence-corrected chi connectivity index (χ2v) is 7.24. The van der Waals surface area contributed by atoms with E-state index in [1.54, 1.807) is 25.9 Å². The molecule has 112 valence electrons. The highest BCUT2D eigenvalue weighted by atomic mass is 32.2. The molecule has 7 heteroatoms. The van der Waals surface area contributed by atoms with Crippen molar-refractivity contribution in [3.63, 3.8) is 0 Å². The quantitative estimate of drug-likeness (QED) is 0.870. The lowest BCUT2D eigenvalue weighted by Gasteiger charge is -2.32. The molecular formula is C13H20N2O4S. The minimum absolute atomic E-state index is 0.137. The Bertz CT molecular complexity index is 593. The van der Waals surface area contributed by atoms with E-state index in [4.69, 9.17) is 0 Å². The van der Waals surface area contributed by atoms with Crippen LogP contribution in [0, 0.1) is 0 Å². The third-order valence-corrected chi connectivity index (χ3v) is 5.34. The molecule has 1 aromatic carbocycles. The topological polar surface area (TPSA) is 77.9 Å². The first-order valence-corrected chi connectivity index (χ1v) is 7.42. The number of carboxylic acid groups (broad SMARTS) is 1. The van der Waals surface area contributed by atoms with Gasteiger partial charge in [0, 0.05) is 14.1 Å². The van der Waals surface area contributed by atoms with E-state index in [-0.39, 0.29) is 4.90 Å². The van der Waals surface area contributed by atoms with E-state index in [1.807, 2.05) is 0 Å². The Morgan fingerprint density at radius 3 is 1.85 bits per heavy atom. The molecule has 0 aliphatic rings. The van der Waals surface area contributed by atoms with Crippen molar-refractivity contribution in [3.05, 3.63) is 29.8 Å². The molecule has 0 radical (unpaired) electrons. The van der Waals surface area contributed by atoms with Crippen molar-refractivity contribution < 1.29 is 18.3 Å². The summed E-state index contributed by atoms with van der Waals surface area (Å²) in [7, 11) is 2.72. The summed E-state index contributed by atoms with van der Waals surface area (Å²) in [4.78, 5) is 13.2. The van der Waals surface area contributed by atoms with Gasteiger partial charge in [-0.1, -0.05) is 12.1 Å². The van der Waals surface area contributed by atoms with E-state index in [0.717, 1.165) is 4.31 Å². The van der Waals surface area contributed by atoms with Gasteiger partial charge >= 0.3 is 5.97 Å². The van der Waals surface area contributed by atoms with Crippen molar-refractivity contribution in [2.45, 2.75) is 17.4 Å². The summed E-state index contributed by atoms with van der Waals surface area (Å²) in [5.41, 5.74) is -0.687. The first kappa shape index (κ1) is 16.6. The highest BCUT2D eigenvalue weighted by molar-refractivity contribution is 7.89. The Morgan fingerprint density at radius 2 is 1.55 bits per heavy atom. The highest BCUT2D eigenvalue weighted by Crippen LogP contribution is 2.27. The molecule has 0 saturated heterocycles. The maximum Gasteiger partial charge on any atom is 0.328 e. The average molecular weight is 300 g/mol. The summed E-state index contributed by atoms with van der Waals surface area (Å²) in [6.45, 7) is 1.57. The smallest absolute Gasteiger partial charge is 0.328 e. The summed E-state index contributed by atoms with van der Waals surface area (Å²) >= 11 is 0. The maximum atomic E-state index is 12.0. The van der Waals surface area contributed by atoms with Crippen molar-refractivity contribution in [2.24, 2.45) is 0 Å². The summed E-state index contributed by atoms with van der Waals surface area (Å²) in [6.07, 6.45) is 0. The standard InChI is InChI=1S/C13H20N2O4S/c1-13(12(16)17,14(2)3)10-6-8-11(9-7-10)20(18,19)15(4)5/h6-9H,1-5H3,(H,16,17). The highest BCUT2D eigenvalue weighted by Gasteiger charge is 2.37. The Kier molecular flexibility index (Phi) is 4.58. The van der Waals surface area contributed by atoms with Gasteiger partial charge in [0.25, 0.3) is 0 Å². The van der Waals surface area contributed by atoms with Gasteiger partial charge in [0.1, 0.15) is 5.54 Å². The Hall–Kier alpha value is -1.44. The minimum atomic E-state index is -3.51. The molecule has 1 N–H and O–H groups in total. The van der Waals surface area contributed by atoms with Crippen LogP contribution in [-0.2, 0) is 20.4 Å². The van der Waals surface area contributed by atoms with Crippen LogP contribution in [0.15, 0.2) is 29.2 Å². The molecule has 0 bridgehead atoms. The monoisotopic (exact) mass is 300 g/mol. The fourth-order valence-electron chi connectivity index (χ4n) is 1.74. The fraction of sp³-hybridized carbons (Fsp3) is 0.462. The van der Waals surface area contributed by atoms with Crippen molar-refractivity contribution in [1.29, 1.82) is 0 Å². The Balaban J connectivity index is 3.31. The molecule has 0 saturated carbocycles. The van der Waals surface area contributed by atoms with Crippen LogP contribution in [0.3, 0.4) is 0 Å². The van der Waals surface area contributed by atoms with Crippen LogP contribution >= 0.6 is 0 Å². The molecule has 0 amide bonds. The second-order valence-electron chi connectivity index (χ2n) is 5.08. The Morgan fingerprint density at radius 1 is 1.10 bits per heavy atom. The van der Waals surface area contributed by atoms with Crippen LogP contribution < -0.4 is 0 Å². The summed E-state index contributed by atoms with van der Waals surface area (Å²) in [5, 5.41) is 9.41. The lowest BCUT2D eigenvalue weighted by atomic mass is 9.91. The number of nitrogens with zero attached hydrogens (tertiary/aromatic N) is 2. The average Bonchev–Trinajstić information content (AvgIpc) is 2.37. The number of aliphatic carboxylic acids is 1. The fourth-order valence-corrected chi connectivity index (χ4v) is 2.64. The number of carboxylic acids is 1. The van der Waals surface area contributed by atoms with E-state index < -0.39 is 21.5 Å². The van der Waals surface area contributed by atoms with Gasteiger partial charge in [-0.2, -0.15) is 0 Å². The SMILES string of the molecule is CN(C)C(C)(C(=O)O)c1ccc(S(=O)(=O)N(C)C)cc1. The zero-order valence-corrected chi connectivity index (χ0v) is 13.1. The van der Waals surface area contributed by atoms with Crippen molar-refractivity contribution in [2.75, 3.05) is 28.2 Å². The van der Waals surface area contributed by atoms with Gasteiger partial charge in [-0.15, -0.1) is 0 Å². The summed E-state index contributed by atoms with van der Waals surface area (Å²) < 4.78 is 25.0. The number of hydrogen-bond donors (Lipinski definition) is 1. The van der Waals surface area contributed by atoms with Gasteiger partial charge in [-0.05, 0) is 38.7 Å². The van der Waals surface area contributed by atoms with Crippen LogP contribution in [0.4, 0.5) is 0 Å².